The standard InChI is InChI=1S/C15H24N2O3S.ClH/c1-2-3-4-11-21(19,20)12-15(18)17-10-9-13-5-7-14(16)8-6-13;/h5-8H,2-4,9-12,16H2,1H3,(H,17,18);1H. The molecule has 1 rings (SSSR count). The van der Waals surface area contributed by atoms with Gasteiger partial charge in [0.05, 0.1) is 5.75 Å². The van der Waals surface area contributed by atoms with Crippen LogP contribution >= 0.6 is 12.4 Å². The molecule has 5 nitrogen and oxygen atoms in total. The number of hydrogen-bond donors (Lipinski definition) is 2. The molecule has 0 fully saturated rings. The van der Waals surface area contributed by atoms with Gasteiger partial charge in [0.15, 0.2) is 9.84 Å². The lowest BCUT2D eigenvalue weighted by Crippen LogP contribution is -2.32. The number of nitrogens with two attached hydrogens (primary N) is 1. The molecule has 0 atom stereocenters. The van der Waals surface area contributed by atoms with Crippen LogP contribution in [0.5, 0.6) is 0 Å². The number of hydrogen-bond acceptors (Lipinski definition) is 4. The summed E-state index contributed by atoms with van der Waals surface area (Å²) >= 11 is 0. The average molecular weight is 349 g/mol. The topological polar surface area (TPSA) is 89.3 Å². The molecule has 7 heteroatoms. The molecule has 0 aliphatic rings. The number of rotatable bonds is 9. The summed E-state index contributed by atoms with van der Waals surface area (Å²) in [6.07, 6.45) is 3.11. The molecule has 0 spiro atoms. The molecule has 0 heterocycles. The van der Waals surface area contributed by atoms with E-state index >= 15 is 0 Å². The van der Waals surface area contributed by atoms with E-state index in [1.807, 2.05) is 19.1 Å². The van der Waals surface area contributed by atoms with Crippen molar-refractivity contribution in [1.82, 2.24) is 5.32 Å². The molecular formula is C15H25ClN2O3S. The zero-order valence-corrected chi connectivity index (χ0v) is 14.5. The molecule has 0 radical (unpaired) electrons. The van der Waals surface area contributed by atoms with Gasteiger partial charge in [-0.15, -0.1) is 12.4 Å². The van der Waals surface area contributed by atoms with E-state index in [0.29, 0.717) is 25.1 Å². The highest BCUT2D eigenvalue weighted by Gasteiger charge is 2.15. The van der Waals surface area contributed by atoms with E-state index < -0.39 is 21.5 Å². The van der Waals surface area contributed by atoms with Crippen molar-refractivity contribution in [1.29, 1.82) is 0 Å². The lowest BCUT2D eigenvalue weighted by molar-refractivity contribution is -0.118. The minimum atomic E-state index is -3.28. The molecule has 0 aliphatic carbocycles. The Morgan fingerprint density at radius 2 is 1.82 bits per heavy atom. The van der Waals surface area contributed by atoms with E-state index in [9.17, 15) is 13.2 Å². The third-order valence-electron chi connectivity index (χ3n) is 3.13. The second-order valence-electron chi connectivity index (χ2n) is 5.14. The summed E-state index contributed by atoms with van der Waals surface area (Å²) in [6.45, 7) is 2.43. The summed E-state index contributed by atoms with van der Waals surface area (Å²) < 4.78 is 23.4. The van der Waals surface area contributed by atoms with E-state index in [1.54, 1.807) is 12.1 Å². The summed E-state index contributed by atoms with van der Waals surface area (Å²) in [6, 6.07) is 7.39. The molecule has 0 unspecified atom stereocenters. The highest BCUT2D eigenvalue weighted by atomic mass is 35.5. The van der Waals surface area contributed by atoms with Crippen molar-refractivity contribution in [3.63, 3.8) is 0 Å². The first-order valence-corrected chi connectivity index (χ1v) is 9.06. The fourth-order valence-corrected chi connectivity index (χ4v) is 3.22. The van der Waals surface area contributed by atoms with E-state index in [2.05, 4.69) is 5.32 Å². The molecule has 1 amide bonds. The van der Waals surface area contributed by atoms with Gasteiger partial charge in [0.1, 0.15) is 5.75 Å². The predicted octanol–water partition coefficient (Wildman–Crippen LogP) is 1.95. The number of benzene rings is 1. The third-order valence-corrected chi connectivity index (χ3v) is 4.74. The molecule has 0 saturated carbocycles. The zero-order valence-electron chi connectivity index (χ0n) is 12.9. The molecule has 0 aliphatic heterocycles. The number of amides is 1. The van der Waals surface area contributed by atoms with E-state index in [1.165, 1.54) is 0 Å². The molecule has 1 aromatic carbocycles. The molecule has 0 saturated heterocycles. The lowest BCUT2D eigenvalue weighted by atomic mass is 10.1. The molecule has 0 aromatic heterocycles. The monoisotopic (exact) mass is 348 g/mol. The molecule has 3 N–H and O–H groups in total. The second-order valence-corrected chi connectivity index (χ2v) is 7.32. The summed E-state index contributed by atoms with van der Waals surface area (Å²) in [4.78, 5) is 11.6. The summed E-state index contributed by atoms with van der Waals surface area (Å²) in [5.41, 5.74) is 7.33. The fourth-order valence-electron chi connectivity index (χ4n) is 1.93. The fraction of sp³-hybridized carbons (Fsp3) is 0.533. The van der Waals surface area contributed by atoms with Crippen molar-refractivity contribution in [3.05, 3.63) is 29.8 Å². The van der Waals surface area contributed by atoms with Gasteiger partial charge in [-0.2, -0.15) is 0 Å². The molecule has 0 bridgehead atoms. The zero-order chi connectivity index (χ0) is 15.7. The molecular weight excluding hydrogens is 324 g/mol. The first kappa shape index (κ1) is 20.7. The Bertz CT molecular complexity index is 544. The van der Waals surface area contributed by atoms with Gasteiger partial charge in [0.25, 0.3) is 0 Å². The van der Waals surface area contributed by atoms with Gasteiger partial charge in [-0.25, -0.2) is 8.42 Å². The Hall–Kier alpha value is -1.27. The van der Waals surface area contributed by atoms with Crippen molar-refractivity contribution >= 4 is 33.8 Å². The van der Waals surface area contributed by atoms with Gasteiger partial charge >= 0.3 is 0 Å². The van der Waals surface area contributed by atoms with Crippen LogP contribution in [-0.4, -0.2) is 32.4 Å². The number of unbranched alkanes of at least 4 members (excludes halogenated alkanes) is 2. The average Bonchev–Trinajstić information content (AvgIpc) is 2.40. The number of carbonyl (C=O) groups excluding carboxylic acids is 1. The molecule has 22 heavy (non-hydrogen) atoms. The van der Waals surface area contributed by atoms with Gasteiger partial charge in [0.2, 0.25) is 5.91 Å². The Balaban J connectivity index is 0.00000441. The van der Waals surface area contributed by atoms with Gasteiger partial charge in [0, 0.05) is 12.2 Å². The van der Waals surface area contributed by atoms with Crippen LogP contribution in [0.15, 0.2) is 24.3 Å². The minimum absolute atomic E-state index is 0. The van der Waals surface area contributed by atoms with Crippen molar-refractivity contribution in [2.75, 3.05) is 23.8 Å². The maximum Gasteiger partial charge on any atom is 0.235 e. The van der Waals surface area contributed by atoms with Crippen molar-refractivity contribution in [3.8, 4) is 0 Å². The maximum atomic E-state index is 11.7. The van der Waals surface area contributed by atoms with Gasteiger partial charge in [-0.3, -0.25) is 4.79 Å². The lowest BCUT2D eigenvalue weighted by Gasteiger charge is -2.07. The smallest absolute Gasteiger partial charge is 0.235 e. The third kappa shape index (κ3) is 8.89. The largest absolute Gasteiger partial charge is 0.399 e. The van der Waals surface area contributed by atoms with Crippen LogP contribution < -0.4 is 11.1 Å². The van der Waals surface area contributed by atoms with Gasteiger partial charge in [-0.1, -0.05) is 31.9 Å². The summed E-state index contributed by atoms with van der Waals surface area (Å²) in [7, 11) is -3.28. The normalized spacial score (nSPS) is 10.8. The summed E-state index contributed by atoms with van der Waals surface area (Å²) in [5.74, 6) is -0.757. The SMILES string of the molecule is CCCCCS(=O)(=O)CC(=O)NCCc1ccc(N)cc1.Cl. The second kappa shape index (κ2) is 10.5. The Morgan fingerprint density at radius 3 is 2.41 bits per heavy atom. The van der Waals surface area contributed by atoms with Crippen LogP contribution in [0.3, 0.4) is 0 Å². The van der Waals surface area contributed by atoms with Gasteiger partial charge < -0.3 is 11.1 Å². The maximum absolute atomic E-state index is 11.7. The number of nitrogens with one attached hydrogen (secondary N) is 1. The first-order valence-electron chi connectivity index (χ1n) is 7.24. The van der Waals surface area contributed by atoms with E-state index in [4.69, 9.17) is 5.73 Å². The Morgan fingerprint density at radius 1 is 1.18 bits per heavy atom. The van der Waals surface area contributed by atoms with Crippen LogP contribution in [0, 0.1) is 0 Å². The number of halogens is 1. The number of sulfone groups is 1. The summed E-state index contributed by atoms with van der Waals surface area (Å²) in [5, 5.41) is 2.64. The highest BCUT2D eigenvalue weighted by Crippen LogP contribution is 2.05. The highest BCUT2D eigenvalue weighted by molar-refractivity contribution is 7.92. The van der Waals surface area contributed by atoms with Crippen LogP contribution in [0.2, 0.25) is 0 Å². The Labute approximate surface area is 139 Å². The van der Waals surface area contributed by atoms with Crippen molar-refractivity contribution < 1.29 is 13.2 Å². The minimum Gasteiger partial charge on any atom is -0.399 e. The molecule has 1 aromatic rings. The number of anilines is 1. The first-order chi connectivity index (χ1) is 9.93. The van der Waals surface area contributed by atoms with Crippen LogP contribution in [0.4, 0.5) is 5.69 Å². The number of carbonyl (C=O) groups is 1. The Kier molecular flexibility index (Phi) is 9.85. The van der Waals surface area contributed by atoms with Crippen molar-refractivity contribution in [2.24, 2.45) is 0 Å². The van der Waals surface area contributed by atoms with Crippen LogP contribution in [0.25, 0.3) is 0 Å². The molecule has 126 valence electrons. The van der Waals surface area contributed by atoms with Crippen LogP contribution in [0.1, 0.15) is 31.7 Å². The van der Waals surface area contributed by atoms with E-state index in [-0.39, 0.29) is 18.2 Å². The number of nitrogen functional groups attached to an aromatic ring is 1. The van der Waals surface area contributed by atoms with Gasteiger partial charge in [-0.05, 0) is 30.5 Å². The predicted molar refractivity (Wildman–Crippen MR) is 93.0 cm³/mol. The van der Waals surface area contributed by atoms with Crippen LogP contribution in [-0.2, 0) is 21.1 Å². The van der Waals surface area contributed by atoms with Crippen molar-refractivity contribution in [2.45, 2.75) is 32.6 Å². The van der Waals surface area contributed by atoms with E-state index in [0.717, 1.165) is 18.4 Å². The quantitative estimate of drug-likeness (QED) is 0.527.